The molecule has 3 aromatic rings. The molecule has 34 heavy (non-hydrogen) atoms. The first-order chi connectivity index (χ1) is 16.6. The molecule has 1 aromatic heterocycles. The van der Waals surface area contributed by atoms with Gasteiger partial charge in [0.05, 0.1) is 25.2 Å². The highest BCUT2D eigenvalue weighted by atomic mass is 16.5. The molecule has 0 unspecified atom stereocenters. The normalized spacial score (nSPS) is 20.5. The van der Waals surface area contributed by atoms with Crippen LogP contribution in [0.1, 0.15) is 26.7 Å². The summed E-state index contributed by atoms with van der Waals surface area (Å²) in [6.07, 6.45) is 1.82. The maximum atomic E-state index is 13.2. The van der Waals surface area contributed by atoms with Gasteiger partial charge in [0.15, 0.2) is 0 Å². The maximum Gasteiger partial charge on any atom is 0.241 e. The molecule has 0 aliphatic carbocycles. The van der Waals surface area contributed by atoms with Crippen LogP contribution in [0.25, 0.3) is 21.8 Å². The van der Waals surface area contributed by atoms with Gasteiger partial charge in [0.2, 0.25) is 11.8 Å². The highest BCUT2D eigenvalue weighted by molar-refractivity contribution is 6.10. The predicted octanol–water partition coefficient (Wildman–Crippen LogP) is 3.71. The summed E-state index contributed by atoms with van der Waals surface area (Å²) in [6, 6.07) is 14.3. The summed E-state index contributed by atoms with van der Waals surface area (Å²) >= 11 is 0. The van der Waals surface area contributed by atoms with Crippen molar-refractivity contribution in [2.45, 2.75) is 39.3 Å². The van der Waals surface area contributed by atoms with Crippen LogP contribution in [0.3, 0.4) is 0 Å². The van der Waals surface area contributed by atoms with Gasteiger partial charge in [-0.2, -0.15) is 0 Å². The maximum absolute atomic E-state index is 13.2. The number of likely N-dealkylation sites (tertiary alicyclic amines) is 1. The number of amides is 2. The third-order valence-corrected chi connectivity index (χ3v) is 7.41. The first-order valence-electron chi connectivity index (χ1n) is 12.5. The third-order valence-electron chi connectivity index (χ3n) is 7.41. The van der Waals surface area contributed by atoms with Crippen molar-refractivity contribution in [3.63, 3.8) is 0 Å². The Morgan fingerprint density at radius 1 is 1.06 bits per heavy atom. The summed E-state index contributed by atoms with van der Waals surface area (Å²) in [5.41, 5.74) is 3.19. The van der Waals surface area contributed by atoms with Crippen LogP contribution in [-0.2, 0) is 20.9 Å². The summed E-state index contributed by atoms with van der Waals surface area (Å²) < 4.78 is 7.69. The van der Waals surface area contributed by atoms with Crippen LogP contribution in [-0.4, -0.2) is 71.6 Å². The molecule has 2 aliphatic rings. The standard InChI is InChI=1S/C27H34N4O3/c1-3-31-24-9-5-4-8-22(24)23-17-21(10-11-25(23)31)28-26(32)19(2)30-12-6-7-20(18-30)27(33)29-13-15-34-16-14-29/h4-5,8-11,17,19-20H,3,6-7,12-16,18H2,1-2H3,(H,28,32)/t19-,20+/m1/s1. The minimum Gasteiger partial charge on any atom is -0.378 e. The van der Waals surface area contributed by atoms with E-state index in [0.717, 1.165) is 37.0 Å². The van der Waals surface area contributed by atoms with E-state index in [1.807, 2.05) is 17.9 Å². The van der Waals surface area contributed by atoms with E-state index in [1.54, 1.807) is 0 Å². The quantitative estimate of drug-likeness (QED) is 0.628. The Morgan fingerprint density at radius 2 is 1.82 bits per heavy atom. The van der Waals surface area contributed by atoms with Gasteiger partial charge >= 0.3 is 0 Å². The van der Waals surface area contributed by atoms with E-state index >= 15 is 0 Å². The third kappa shape index (κ3) is 4.30. The van der Waals surface area contributed by atoms with Gasteiger partial charge in [-0.1, -0.05) is 18.2 Å². The molecule has 0 spiro atoms. The number of nitrogens with one attached hydrogen (secondary N) is 1. The summed E-state index contributed by atoms with van der Waals surface area (Å²) in [5.74, 6) is 0.134. The first kappa shape index (κ1) is 22.9. The molecule has 7 nitrogen and oxygen atoms in total. The molecule has 0 saturated carbocycles. The fourth-order valence-electron chi connectivity index (χ4n) is 5.49. The number of nitrogens with zero attached hydrogens (tertiary/aromatic N) is 3. The van der Waals surface area contributed by atoms with Gasteiger partial charge in [-0.15, -0.1) is 0 Å². The lowest BCUT2D eigenvalue weighted by molar-refractivity contribution is -0.142. The largest absolute Gasteiger partial charge is 0.378 e. The van der Waals surface area contributed by atoms with Crippen LogP contribution in [0, 0.1) is 5.92 Å². The molecule has 3 heterocycles. The topological polar surface area (TPSA) is 66.8 Å². The van der Waals surface area contributed by atoms with E-state index in [4.69, 9.17) is 4.74 Å². The number of aryl methyl sites for hydroxylation is 1. The number of anilines is 1. The van der Waals surface area contributed by atoms with Crippen molar-refractivity contribution < 1.29 is 14.3 Å². The number of ether oxygens (including phenoxy) is 1. The molecular weight excluding hydrogens is 428 g/mol. The molecule has 2 saturated heterocycles. The zero-order valence-electron chi connectivity index (χ0n) is 20.1. The van der Waals surface area contributed by atoms with Gasteiger partial charge < -0.3 is 19.5 Å². The number of rotatable bonds is 5. The second-order valence-corrected chi connectivity index (χ2v) is 9.43. The second-order valence-electron chi connectivity index (χ2n) is 9.43. The molecular formula is C27H34N4O3. The molecule has 2 fully saturated rings. The SMILES string of the molecule is CCn1c2ccccc2c2cc(NC(=O)[C@@H](C)N3CCC[C@H](C(=O)N4CCOCC4)C3)ccc21. The average molecular weight is 463 g/mol. The van der Waals surface area contributed by atoms with Crippen LogP contribution in [0.15, 0.2) is 42.5 Å². The monoisotopic (exact) mass is 462 g/mol. The van der Waals surface area contributed by atoms with E-state index < -0.39 is 0 Å². The lowest BCUT2D eigenvalue weighted by Crippen LogP contribution is -2.52. The number of para-hydroxylation sites is 1. The number of carbonyl (C=O) groups is 2. The number of aromatic nitrogens is 1. The molecule has 7 heteroatoms. The number of benzene rings is 2. The number of morpholine rings is 1. The number of hydrogen-bond acceptors (Lipinski definition) is 4. The van der Waals surface area contributed by atoms with Gasteiger partial charge in [-0.3, -0.25) is 14.5 Å². The van der Waals surface area contributed by atoms with Crippen LogP contribution in [0.2, 0.25) is 0 Å². The highest BCUT2D eigenvalue weighted by Gasteiger charge is 2.33. The number of carbonyl (C=O) groups excluding carboxylic acids is 2. The minimum absolute atomic E-state index is 0.0296. The molecule has 180 valence electrons. The molecule has 2 aromatic carbocycles. The Morgan fingerprint density at radius 3 is 2.62 bits per heavy atom. The van der Waals surface area contributed by atoms with Crippen molar-refractivity contribution in [2.24, 2.45) is 5.92 Å². The predicted molar refractivity (Wildman–Crippen MR) is 135 cm³/mol. The van der Waals surface area contributed by atoms with Crippen LogP contribution >= 0.6 is 0 Å². The summed E-state index contributed by atoms with van der Waals surface area (Å²) in [4.78, 5) is 30.2. The molecule has 0 bridgehead atoms. The van der Waals surface area contributed by atoms with E-state index in [1.165, 1.54) is 16.4 Å². The second kappa shape index (κ2) is 9.76. The van der Waals surface area contributed by atoms with Crippen molar-refractivity contribution >= 4 is 39.3 Å². The van der Waals surface area contributed by atoms with Crippen molar-refractivity contribution in [3.8, 4) is 0 Å². The zero-order valence-corrected chi connectivity index (χ0v) is 20.1. The van der Waals surface area contributed by atoms with E-state index in [9.17, 15) is 9.59 Å². The van der Waals surface area contributed by atoms with Crippen LogP contribution in [0.4, 0.5) is 5.69 Å². The highest BCUT2D eigenvalue weighted by Crippen LogP contribution is 2.31. The average Bonchev–Trinajstić information content (AvgIpc) is 3.21. The summed E-state index contributed by atoms with van der Waals surface area (Å²) in [6.45, 7) is 9.02. The smallest absolute Gasteiger partial charge is 0.241 e. The lowest BCUT2D eigenvalue weighted by atomic mass is 9.95. The molecule has 1 N–H and O–H groups in total. The molecule has 5 rings (SSSR count). The van der Waals surface area contributed by atoms with Gasteiger partial charge in [-0.25, -0.2) is 0 Å². The Labute approximate surface area is 200 Å². The van der Waals surface area contributed by atoms with Crippen molar-refractivity contribution in [2.75, 3.05) is 44.7 Å². The van der Waals surface area contributed by atoms with Gasteiger partial charge in [0, 0.05) is 53.7 Å². The molecule has 2 amide bonds. The Hall–Kier alpha value is -2.90. The van der Waals surface area contributed by atoms with Crippen molar-refractivity contribution in [3.05, 3.63) is 42.5 Å². The van der Waals surface area contributed by atoms with Gasteiger partial charge in [0.1, 0.15) is 0 Å². The summed E-state index contributed by atoms with van der Waals surface area (Å²) in [7, 11) is 0. The van der Waals surface area contributed by atoms with Crippen molar-refractivity contribution in [1.29, 1.82) is 0 Å². The molecule has 2 aliphatic heterocycles. The van der Waals surface area contributed by atoms with Crippen molar-refractivity contribution in [1.82, 2.24) is 14.4 Å². The van der Waals surface area contributed by atoms with E-state index in [-0.39, 0.29) is 23.8 Å². The number of fused-ring (bicyclic) bond motifs is 3. The number of hydrogen-bond donors (Lipinski definition) is 1. The molecule has 0 radical (unpaired) electrons. The van der Waals surface area contributed by atoms with E-state index in [0.29, 0.717) is 32.8 Å². The fourth-order valence-corrected chi connectivity index (χ4v) is 5.49. The number of piperidine rings is 1. The Balaban J connectivity index is 1.29. The Bertz CT molecular complexity index is 1200. The van der Waals surface area contributed by atoms with Gasteiger partial charge in [-0.05, 0) is 57.5 Å². The first-order valence-corrected chi connectivity index (χ1v) is 12.5. The Kier molecular flexibility index (Phi) is 6.57. The minimum atomic E-state index is -0.298. The lowest BCUT2D eigenvalue weighted by Gasteiger charge is -2.38. The molecule has 2 atom stereocenters. The van der Waals surface area contributed by atoms with Crippen LogP contribution in [0.5, 0.6) is 0 Å². The zero-order chi connectivity index (χ0) is 23.7. The van der Waals surface area contributed by atoms with Crippen LogP contribution < -0.4 is 5.32 Å². The summed E-state index contributed by atoms with van der Waals surface area (Å²) in [5, 5.41) is 5.48. The fraction of sp³-hybridized carbons (Fsp3) is 0.481. The van der Waals surface area contributed by atoms with Gasteiger partial charge in [0.25, 0.3) is 0 Å². The van der Waals surface area contributed by atoms with E-state index in [2.05, 4.69) is 58.1 Å².